The van der Waals surface area contributed by atoms with E-state index in [1.54, 1.807) is 0 Å². The second-order valence-electron chi connectivity index (χ2n) is 3.75. The quantitative estimate of drug-likeness (QED) is 0.694. The molecule has 1 atom stereocenters. The summed E-state index contributed by atoms with van der Waals surface area (Å²) >= 11 is 0. The average molecular weight is 228 g/mol. The number of hydrogen-bond donors (Lipinski definition) is 0. The lowest BCUT2D eigenvalue weighted by atomic mass is 10.2. The molecule has 2 aromatic rings. The molecule has 16 heavy (non-hydrogen) atoms. The molecule has 0 saturated carbocycles. The number of aryl methyl sites for hydroxylation is 1. The fourth-order valence-electron chi connectivity index (χ4n) is 1.62. The Morgan fingerprint density at radius 3 is 2.00 bits per heavy atom. The standard InChI is InChI=1S/C15H16S/c1-16(15-10-6-3-7-11-15)13-12-14-8-4-2-5-9-14/h2-11H,1,12-13H2. The van der Waals surface area contributed by atoms with Crippen LogP contribution in [0.2, 0.25) is 0 Å². The monoisotopic (exact) mass is 228 g/mol. The van der Waals surface area contributed by atoms with Crippen molar-refractivity contribution in [3.05, 3.63) is 66.2 Å². The van der Waals surface area contributed by atoms with Crippen LogP contribution in [0.1, 0.15) is 5.56 Å². The van der Waals surface area contributed by atoms with Crippen molar-refractivity contribution in [2.75, 3.05) is 5.75 Å². The number of benzene rings is 2. The second-order valence-corrected chi connectivity index (χ2v) is 5.61. The molecule has 1 unspecified atom stereocenters. The molecule has 0 saturated heterocycles. The van der Waals surface area contributed by atoms with Gasteiger partial charge in [-0.2, -0.15) is 10.5 Å². The molecule has 1 heteroatoms. The Bertz CT molecular complexity index is 445. The normalized spacial score (nSPS) is 12.2. The first-order valence-corrected chi connectivity index (χ1v) is 7.02. The topological polar surface area (TPSA) is 0 Å². The van der Waals surface area contributed by atoms with E-state index < -0.39 is 0 Å². The molecule has 0 bridgehead atoms. The van der Waals surface area contributed by atoms with E-state index in [1.165, 1.54) is 10.5 Å². The summed E-state index contributed by atoms with van der Waals surface area (Å²) in [6, 6.07) is 21.2. The lowest BCUT2D eigenvalue weighted by Crippen LogP contribution is -1.90. The molecule has 0 spiro atoms. The molecule has 0 fully saturated rings. The van der Waals surface area contributed by atoms with Gasteiger partial charge in [0.15, 0.2) is 0 Å². The van der Waals surface area contributed by atoms with Gasteiger partial charge < -0.3 is 0 Å². The van der Waals surface area contributed by atoms with E-state index in [0.29, 0.717) is 0 Å². The van der Waals surface area contributed by atoms with E-state index in [9.17, 15) is 0 Å². The minimum Gasteiger partial charge on any atom is -0.162 e. The molecule has 0 aliphatic heterocycles. The average Bonchev–Trinajstić information content (AvgIpc) is 2.38. The van der Waals surface area contributed by atoms with Crippen molar-refractivity contribution in [2.45, 2.75) is 11.3 Å². The Hall–Kier alpha value is -1.34. The van der Waals surface area contributed by atoms with Crippen LogP contribution in [0.5, 0.6) is 0 Å². The Labute approximate surface area is 99.9 Å². The van der Waals surface area contributed by atoms with Gasteiger partial charge in [-0.3, -0.25) is 0 Å². The molecule has 2 aromatic carbocycles. The summed E-state index contributed by atoms with van der Waals surface area (Å²) in [4.78, 5) is 1.36. The fourth-order valence-corrected chi connectivity index (χ4v) is 2.88. The van der Waals surface area contributed by atoms with Crippen molar-refractivity contribution >= 4 is 16.4 Å². The molecule has 0 aliphatic rings. The van der Waals surface area contributed by atoms with Crippen LogP contribution in [-0.4, -0.2) is 11.6 Å². The van der Waals surface area contributed by atoms with Gasteiger partial charge in [0.1, 0.15) is 0 Å². The van der Waals surface area contributed by atoms with Crippen molar-refractivity contribution in [3.8, 4) is 0 Å². The van der Waals surface area contributed by atoms with E-state index in [2.05, 4.69) is 66.5 Å². The summed E-state index contributed by atoms with van der Waals surface area (Å²) in [5.41, 5.74) is 1.40. The second kappa shape index (κ2) is 5.66. The van der Waals surface area contributed by atoms with E-state index in [-0.39, 0.29) is 10.5 Å². The minimum atomic E-state index is 0.116. The Balaban J connectivity index is 1.95. The molecular formula is C15H16S. The Kier molecular flexibility index (Phi) is 3.95. The lowest BCUT2D eigenvalue weighted by molar-refractivity contribution is 1.15. The third kappa shape index (κ3) is 3.07. The van der Waals surface area contributed by atoms with Crippen LogP contribution < -0.4 is 0 Å². The van der Waals surface area contributed by atoms with Gasteiger partial charge in [-0.15, -0.1) is 0 Å². The van der Waals surface area contributed by atoms with Crippen LogP contribution in [0.3, 0.4) is 0 Å². The maximum atomic E-state index is 4.25. The lowest BCUT2D eigenvalue weighted by Gasteiger charge is -2.07. The van der Waals surface area contributed by atoms with Crippen molar-refractivity contribution in [1.29, 1.82) is 0 Å². The van der Waals surface area contributed by atoms with Gasteiger partial charge in [0.2, 0.25) is 0 Å². The van der Waals surface area contributed by atoms with Crippen LogP contribution in [0, 0.1) is 0 Å². The van der Waals surface area contributed by atoms with Gasteiger partial charge in [0.25, 0.3) is 0 Å². The van der Waals surface area contributed by atoms with E-state index >= 15 is 0 Å². The zero-order valence-corrected chi connectivity index (χ0v) is 10.1. The maximum Gasteiger partial charge on any atom is 0.00112 e. The van der Waals surface area contributed by atoms with Gasteiger partial charge in [0.05, 0.1) is 0 Å². The summed E-state index contributed by atoms with van der Waals surface area (Å²) in [6.07, 6.45) is 1.11. The highest BCUT2D eigenvalue weighted by Gasteiger charge is 1.97. The van der Waals surface area contributed by atoms with Crippen LogP contribution in [-0.2, 0) is 6.42 Å². The van der Waals surface area contributed by atoms with Gasteiger partial charge in [-0.25, -0.2) is 0 Å². The molecule has 0 aromatic heterocycles. The zero-order valence-electron chi connectivity index (χ0n) is 9.30. The van der Waals surface area contributed by atoms with Gasteiger partial charge in [-0.1, -0.05) is 54.4 Å². The predicted molar refractivity (Wildman–Crippen MR) is 74.4 cm³/mol. The highest BCUT2D eigenvalue weighted by atomic mass is 32.2. The highest BCUT2D eigenvalue weighted by molar-refractivity contribution is 8.14. The van der Waals surface area contributed by atoms with Gasteiger partial charge >= 0.3 is 0 Å². The first-order valence-electron chi connectivity index (χ1n) is 5.46. The van der Waals surface area contributed by atoms with Crippen LogP contribution in [0.4, 0.5) is 0 Å². The van der Waals surface area contributed by atoms with Gasteiger partial charge in [0, 0.05) is 4.90 Å². The van der Waals surface area contributed by atoms with E-state index in [4.69, 9.17) is 0 Å². The first kappa shape index (κ1) is 11.2. The third-order valence-electron chi connectivity index (χ3n) is 2.56. The smallest absolute Gasteiger partial charge is 0.00112 e. The van der Waals surface area contributed by atoms with Gasteiger partial charge in [-0.05, 0) is 29.9 Å². The predicted octanol–water partition coefficient (Wildman–Crippen LogP) is 3.99. The largest absolute Gasteiger partial charge is 0.162 e. The third-order valence-corrected chi connectivity index (χ3v) is 4.19. The summed E-state index contributed by atoms with van der Waals surface area (Å²) < 4.78 is 0. The van der Waals surface area contributed by atoms with Crippen LogP contribution in [0.25, 0.3) is 0 Å². The van der Waals surface area contributed by atoms with E-state index in [0.717, 1.165) is 12.2 Å². The van der Waals surface area contributed by atoms with Crippen molar-refractivity contribution in [1.82, 2.24) is 0 Å². The van der Waals surface area contributed by atoms with Crippen LogP contribution >= 0.6 is 10.5 Å². The zero-order chi connectivity index (χ0) is 11.2. The van der Waals surface area contributed by atoms with Crippen molar-refractivity contribution < 1.29 is 0 Å². The summed E-state index contributed by atoms with van der Waals surface area (Å²) in [5, 5.41) is 0. The molecule has 0 heterocycles. The SMILES string of the molecule is C=S(CCc1ccccc1)c1ccccc1. The number of rotatable bonds is 4. The molecule has 0 aliphatic carbocycles. The Morgan fingerprint density at radius 2 is 1.38 bits per heavy atom. The molecule has 0 nitrogen and oxygen atoms in total. The summed E-state index contributed by atoms with van der Waals surface area (Å²) in [6.45, 7) is 0. The molecular weight excluding hydrogens is 212 g/mol. The Morgan fingerprint density at radius 1 is 0.812 bits per heavy atom. The molecule has 0 radical (unpaired) electrons. The summed E-state index contributed by atoms with van der Waals surface area (Å²) in [7, 11) is 0.116. The fraction of sp³-hybridized carbons (Fsp3) is 0.133. The first-order chi connectivity index (χ1) is 7.86. The molecule has 0 amide bonds. The van der Waals surface area contributed by atoms with Crippen LogP contribution in [0.15, 0.2) is 65.6 Å². The molecule has 0 N–H and O–H groups in total. The maximum absolute atomic E-state index is 4.25. The highest BCUT2D eigenvalue weighted by Crippen LogP contribution is 2.24. The molecule has 2 rings (SSSR count). The number of hydrogen-bond acceptors (Lipinski definition) is 0. The van der Waals surface area contributed by atoms with Crippen molar-refractivity contribution in [2.24, 2.45) is 0 Å². The van der Waals surface area contributed by atoms with E-state index in [1.807, 2.05) is 0 Å². The molecule has 82 valence electrons. The minimum absolute atomic E-state index is 0.116. The van der Waals surface area contributed by atoms with Crippen molar-refractivity contribution in [3.63, 3.8) is 0 Å². The summed E-state index contributed by atoms with van der Waals surface area (Å²) in [5.74, 6) is 5.38.